The summed E-state index contributed by atoms with van der Waals surface area (Å²) in [7, 11) is 1.46. The molecule has 1 unspecified atom stereocenters. The van der Waals surface area contributed by atoms with Gasteiger partial charge >= 0.3 is 5.97 Å². The second kappa shape index (κ2) is 5.63. The Balaban J connectivity index is 2.42. The first-order chi connectivity index (χ1) is 9.96. The van der Waals surface area contributed by atoms with Crippen LogP contribution in [0.4, 0.5) is 5.69 Å². The maximum atomic E-state index is 12.8. The summed E-state index contributed by atoms with van der Waals surface area (Å²) in [5.41, 5.74) is 5.39. The number of ether oxygens (including phenoxy) is 1. The Labute approximate surface area is 123 Å². The molecule has 1 aliphatic heterocycles. The Kier molecular flexibility index (Phi) is 4.06. The van der Waals surface area contributed by atoms with Crippen LogP contribution in [0.25, 0.3) is 0 Å². The number of carbonyl (C=O) groups excluding carboxylic acids is 1. The molecule has 2 rings (SSSR count). The Hall–Kier alpha value is -2.24. The second-order valence-corrected chi connectivity index (χ2v) is 5.21. The van der Waals surface area contributed by atoms with Gasteiger partial charge in [-0.3, -0.25) is 4.79 Å². The van der Waals surface area contributed by atoms with Crippen molar-refractivity contribution in [3.8, 4) is 5.75 Å². The maximum Gasteiger partial charge on any atom is 0.329 e. The number of benzene rings is 1. The molecule has 0 aromatic heterocycles. The van der Waals surface area contributed by atoms with Gasteiger partial charge in [-0.2, -0.15) is 0 Å². The molecule has 0 bridgehead atoms. The van der Waals surface area contributed by atoms with Crippen molar-refractivity contribution in [2.75, 3.05) is 19.4 Å². The summed E-state index contributed by atoms with van der Waals surface area (Å²) in [6.45, 7) is 2.23. The van der Waals surface area contributed by atoms with E-state index >= 15 is 0 Å². The number of methoxy groups -OCH3 is 1. The summed E-state index contributed by atoms with van der Waals surface area (Å²) in [5.74, 6) is -0.916. The third-order valence-corrected chi connectivity index (χ3v) is 4.17. The van der Waals surface area contributed by atoms with Gasteiger partial charge < -0.3 is 20.5 Å². The van der Waals surface area contributed by atoms with Crippen LogP contribution in [0.5, 0.6) is 5.75 Å². The van der Waals surface area contributed by atoms with E-state index in [2.05, 4.69) is 0 Å². The van der Waals surface area contributed by atoms with Gasteiger partial charge in [0, 0.05) is 18.3 Å². The average Bonchev–Trinajstić information content (AvgIpc) is 2.91. The van der Waals surface area contributed by atoms with E-state index in [9.17, 15) is 14.7 Å². The van der Waals surface area contributed by atoms with Crippen molar-refractivity contribution in [2.24, 2.45) is 0 Å². The predicted molar refractivity (Wildman–Crippen MR) is 78.3 cm³/mol. The molecule has 1 aromatic carbocycles. The topological polar surface area (TPSA) is 92.9 Å². The predicted octanol–water partition coefficient (Wildman–Crippen LogP) is 1.75. The number of nitrogens with two attached hydrogens (primary N) is 1. The van der Waals surface area contributed by atoms with Crippen molar-refractivity contribution in [2.45, 2.75) is 31.7 Å². The Morgan fingerprint density at radius 3 is 2.76 bits per heavy atom. The third-order valence-electron chi connectivity index (χ3n) is 4.17. The molecule has 1 heterocycles. The largest absolute Gasteiger partial charge is 0.496 e. The van der Waals surface area contributed by atoms with Crippen LogP contribution in [0.2, 0.25) is 0 Å². The lowest BCUT2D eigenvalue weighted by atomic mass is 9.92. The average molecular weight is 292 g/mol. The van der Waals surface area contributed by atoms with Crippen molar-refractivity contribution in [3.05, 3.63) is 23.8 Å². The lowest BCUT2D eigenvalue weighted by molar-refractivity contribution is -0.148. The molecule has 1 saturated heterocycles. The van der Waals surface area contributed by atoms with Crippen molar-refractivity contribution in [1.82, 2.24) is 4.90 Å². The van der Waals surface area contributed by atoms with Crippen LogP contribution in [-0.2, 0) is 4.79 Å². The van der Waals surface area contributed by atoms with E-state index in [4.69, 9.17) is 10.5 Å². The Morgan fingerprint density at radius 1 is 1.48 bits per heavy atom. The molecular formula is C15H20N2O4. The number of anilines is 1. The first-order valence-corrected chi connectivity index (χ1v) is 6.95. The van der Waals surface area contributed by atoms with E-state index in [0.29, 0.717) is 42.8 Å². The molecular weight excluding hydrogens is 272 g/mol. The highest BCUT2D eigenvalue weighted by molar-refractivity contribution is 6.00. The number of nitrogen functional groups attached to an aromatic ring is 1. The molecule has 1 aromatic rings. The zero-order valence-electron chi connectivity index (χ0n) is 12.3. The fourth-order valence-corrected chi connectivity index (χ4v) is 2.95. The number of likely N-dealkylation sites (tertiary alicyclic amines) is 1. The summed E-state index contributed by atoms with van der Waals surface area (Å²) < 4.78 is 5.19. The Morgan fingerprint density at radius 2 is 2.19 bits per heavy atom. The standard InChI is InChI=1S/C15H20N2O4/c1-3-15(14(19)20)7-4-8-17(15)13(18)11-6-5-10(16)9-12(11)21-2/h5-6,9H,3-4,7-8,16H2,1-2H3,(H,19,20). The molecule has 1 fully saturated rings. The first-order valence-electron chi connectivity index (χ1n) is 6.95. The first kappa shape index (κ1) is 15.2. The van der Waals surface area contributed by atoms with Gasteiger partial charge in [0.05, 0.1) is 12.7 Å². The minimum atomic E-state index is -1.12. The zero-order valence-corrected chi connectivity index (χ0v) is 12.3. The van der Waals surface area contributed by atoms with Crippen LogP contribution in [0.3, 0.4) is 0 Å². The molecule has 1 amide bonds. The van der Waals surface area contributed by atoms with E-state index in [1.54, 1.807) is 25.1 Å². The van der Waals surface area contributed by atoms with Gasteiger partial charge in [0.15, 0.2) is 0 Å². The molecule has 21 heavy (non-hydrogen) atoms. The number of carbonyl (C=O) groups is 2. The fraction of sp³-hybridized carbons (Fsp3) is 0.467. The number of amides is 1. The van der Waals surface area contributed by atoms with Crippen molar-refractivity contribution in [1.29, 1.82) is 0 Å². The summed E-state index contributed by atoms with van der Waals surface area (Å²) in [5, 5.41) is 9.56. The molecule has 0 spiro atoms. The highest BCUT2D eigenvalue weighted by Gasteiger charge is 2.49. The van der Waals surface area contributed by atoms with E-state index in [1.165, 1.54) is 12.0 Å². The van der Waals surface area contributed by atoms with E-state index in [0.717, 1.165) is 0 Å². The molecule has 1 atom stereocenters. The molecule has 114 valence electrons. The monoisotopic (exact) mass is 292 g/mol. The quantitative estimate of drug-likeness (QED) is 0.825. The van der Waals surface area contributed by atoms with Gasteiger partial charge in [0.1, 0.15) is 11.3 Å². The number of carboxylic acids is 1. The van der Waals surface area contributed by atoms with Gasteiger partial charge in [-0.15, -0.1) is 0 Å². The van der Waals surface area contributed by atoms with Crippen LogP contribution in [0.1, 0.15) is 36.5 Å². The lowest BCUT2D eigenvalue weighted by Crippen LogP contribution is -2.52. The van der Waals surface area contributed by atoms with Crippen molar-refractivity contribution < 1.29 is 19.4 Å². The highest BCUT2D eigenvalue weighted by Crippen LogP contribution is 2.35. The lowest BCUT2D eigenvalue weighted by Gasteiger charge is -2.34. The SMILES string of the molecule is CCC1(C(=O)O)CCCN1C(=O)c1ccc(N)cc1OC. The summed E-state index contributed by atoms with van der Waals surface area (Å²) in [4.78, 5) is 25.9. The molecule has 0 saturated carbocycles. The number of hydrogen-bond acceptors (Lipinski definition) is 4. The van der Waals surface area contributed by atoms with Gasteiger partial charge in [-0.1, -0.05) is 6.92 Å². The van der Waals surface area contributed by atoms with E-state index in [1.807, 2.05) is 0 Å². The Bertz CT molecular complexity index is 573. The maximum absolute atomic E-state index is 12.8. The summed E-state index contributed by atoms with van der Waals surface area (Å²) >= 11 is 0. The fourth-order valence-electron chi connectivity index (χ4n) is 2.95. The van der Waals surface area contributed by atoms with Crippen molar-refractivity contribution >= 4 is 17.6 Å². The number of aliphatic carboxylic acids is 1. The number of hydrogen-bond donors (Lipinski definition) is 2. The molecule has 3 N–H and O–H groups in total. The van der Waals surface area contributed by atoms with Crippen LogP contribution in [0, 0.1) is 0 Å². The zero-order chi connectivity index (χ0) is 15.6. The highest BCUT2D eigenvalue weighted by atomic mass is 16.5. The normalized spacial score (nSPS) is 21.3. The summed E-state index contributed by atoms with van der Waals surface area (Å²) in [6, 6.07) is 4.76. The smallest absolute Gasteiger partial charge is 0.329 e. The number of rotatable bonds is 4. The van der Waals surface area contributed by atoms with Gasteiger partial charge in [0.25, 0.3) is 5.91 Å². The van der Waals surface area contributed by atoms with Gasteiger partial charge in [-0.25, -0.2) is 4.79 Å². The van der Waals surface area contributed by atoms with Gasteiger partial charge in [-0.05, 0) is 31.4 Å². The minimum Gasteiger partial charge on any atom is -0.496 e. The summed E-state index contributed by atoms with van der Waals surface area (Å²) in [6.07, 6.45) is 1.54. The molecule has 0 aliphatic carbocycles. The van der Waals surface area contributed by atoms with Crippen molar-refractivity contribution in [3.63, 3.8) is 0 Å². The second-order valence-electron chi connectivity index (χ2n) is 5.21. The van der Waals surface area contributed by atoms with E-state index in [-0.39, 0.29) is 5.91 Å². The van der Waals surface area contributed by atoms with Crippen LogP contribution < -0.4 is 10.5 Å². The molecule has 1 aliphatic rings. The minimum absolute atomic E-state index is 0.325. The third kappa shape index (κ3) is 2.41. The number of carboxylic acid groups (broad SMARTS) is 1. The van der Waals surface area contributed by atoms with E-state index < -0.39 is 11.5 Å². The molecule has 6 heteroatoms. The molecule has 6 nitrogen and oxygen atoms in total. The van der Waals surface area contributed by atoms with Crippen LogP contribution in [-0.4, -0.2) is 41.1 Å². The van der Waals surface area contributed by atoms with Crippen LogP contribution >= 0.6 is 0 Å². The molecule has 0 radical (unpaired) electrons. The number of nitrogens with zero attached hydrogens (tertiary/aromatic N) is 1. The van der Waals surface area contributed by atoms with Gasteiger partial charge in [0.2, 0.25) is 0 Å². The van der Waals surface area contributed by atoms with Crippen LogP contribution in [0.15, 0.2) is 18.2 Å².